The van der Waals surface area contributed by atoms with Crippen molar-refractivity contribution in [1.29, 1.82) is 0 Å². The number of rotatable bonds is 1. The van der Waals surface area contributed by atoms with E-state index < -0.39 is 14.5 Å². The van der Waals surface area contributed by atoms with Crippen molar-refractivity contribution in [2.75, 3.05) is 0 Å². The van der Waals surface area contributed by atoms with E-state index in [1.807, 2.05) is 18.2 Å². The van der Waals surface area contributed by atoms with Gasteiger partial charge in [-0.2, -0.15) is 0 Å². The van der Waals surface area contributed by atoms with Crippen molar-refractivity contribution in [2.24, 2.45) is 0 Å². The summed E-state index contributed by atoms with van der Waals surface area (Å²) in [6.45, 7) is 0. The first-order valence-electron chi connectivity index (χ1n) is 3.93. The van der Waals surface area contributed by atoms with E-state index >= 15 is 0 Å². The van der Waals surface area contributed by atoms with E-state index in [4.69, 9.17) is 20.2 Å². The molecule has 7 heteroatoms. The molecule has 0 fully saturated rings. The fourth-order valence-electron chi connectivity index (χ4n) is 1.08. The lowest BCUT2D eigenvalue weighted by Gasteiger charge is -1.82. The van der Waals surface area contributed by atoms with E-state index in [9.17, 15) is 4.79 Å². The minimum absolute atomic E-state index is 0.192. The summed E-state index contributed by atoms with van der Waals surface area (Å²) in [5.74, 6) is 0.192. The Morgan fingerprint density at radius 1 is 1.25 bits per heavy atom. The second-order valence-corrected chi connectivity index (χ2v) is 5.47. The summed E-state index contributed by atoms with van der Waals surface area (Å²) in [6.07, 6.45) is 0. The van der Waals surface area contributed by atoms with Crippen molar-refractivity contribution in [2.45, 2.75) is 0 Å². The summed E-state index contributed by atoms with van der Waals surface area (Å²) in [6, 6.07) is 9.00. The zero-order chi connectivity index (χ0) is 12.1. The van der Waals surface area contributed by atoms with Gasteiger partial charge in [0, 0.05) is 26.8 Å². The maximum atomic E-state index is 10.7. The molecule has 1 aromatic heterocycles. The quantitative estimate of drug-likeness (QED) is 0.751. The van der Waals surface area contributed by atoms with Crippen LogP contribution in [0.25, 0.3) is 11.0 Å². The molecular formula is C9H5Cl3O3S. The molecule has 86 valence electrons. The highest BCUT2D eigenvalue weighted by atomic mass is 36.0. The molecule has 0 saturated heterocycles. The average molecular weight is 300 g/mol. The van der Waals surface area contributed by atoms with Crippen molar-refractivity contribution < 1.29 is 13.4 Å². The predicted octanol–water partition coefficient (Wildman–Crippen LogP) is 3.85. The van der Waals surface area contributed by atoms with Gasteiger partial charge in [0.1, 0.15) is 5.58 Å². The molecule has 1 aromatic carbocycles. The summed E-state index contributed by atoms with van der Waals surface area (Å²) in [5, 5.41) is 0.327. The fourth-order valence-corrected chi connectivity index (χ4v) is 1.17. The third-order valence-corrected chi connectivity index (χ3v) is 1.81. The van der Waals surface area contributed by atoms with Crippen molar-refractivity contribution in [3.05, 3.63) is 36.1 Å². The number of halogens is 3. The van der Waals surface area contributed by atoms with Gasteiger partial charge in [0.05, 0.1) is 0 Å². The fraction of sp³-hybridized carbons (Fsp3) is 0. The molecular weight excluding hydrogens is 295 g/mol. The summed E-state index contributed by atoms with van der Waals surface area (Å²) >= 11 is 5.24. The van der Waals surface area contributed by atoms with Crippen LogP contribution in [0.1, 0.15) is 10.6 Å². The molecule has 0 spiro atoms. The molecule has 0 amide bonds. The van der Waals surface area contributed by atoms with Gasteiger partial charge < -0.3 is 4.42 Å². The van der Waals surface area contributed by atoms with Crippen LogP contribution in [-0.4, -0.2) is 9.45 Å². The Bertz CT molecular complexity index is 486. The van der Waals surface area contributed by atoms with Crippen molar-refractivity contribution in [3.63, 3.8) is 0 Å². The van der Waals surface area contributed by atoms with Gasteiger partial charge in [0.2, 0.25) is 9.23 Å². The van der Waals surface area contributed by atoms with Gasteiger partial charge in [0.25, 0.3) is 5.24 Å². The van der Waals surface area contributed by atoms with Gasteiger partial charge in [-0.25, -0.2) is 4.21 Å². The van der Waals surface area contributed by atoms with E-state index in [2.05, 4.69) is 21.4 Å². The predicted molar refractivity (Wildman–Crippen MR) is 66.2 cm³/mol. The SMILES string of the molecule is O=C(Cl)c1cc2ccccc2o1.O=S(Cl)Cl. The molecule has 3 nitrogen and oxygen atoms in total. The number of furan rings is 1. The number of para-hydroxylation sites is 1. The number of hydrogen-bond acceptors (Lipinski definition) is 3. The van der Waals surface area contributed by atoms with Crippen molar-refractivity contribution in [1.82, 2.24) is 0 Å². The molecule has 0 aliphatic heterocycles. The van der Waals surface area contributed by atoms with Crippen LogP contribution in [0.3, 0.4) is 0 Å². The molecule has 0 radical (unpaired) electrons. The highest BCUT2D eigenvalue weighted by Crippen LogP contribution is 2.19. The largest absolute Gasteiger partial charge is 0.452 e. The Morgan fingerprint density at radius 2 is 1.81 bits per heavy atom. The summed E-state index contributed by atoms with van der Waals surface area (Å²) in [7, 11) is 7.36. The number of carbonyl (C=O) groups is 1. The second kappa shape index (κ2) is 6.25. The van der Waals surface area contributed by atoms with E-state index in [0.29, 0.717) is 5.58 Å². The Kier molecular flexibility index (Phi) is 5.28. The molecule has 0 saturated carbocycles. The maximum Gasteiger partial charge on any atom is 0.287 e. The normalized spacial score (nSPS) is 10.0. The van der Waals surface area contributed by atoms with Gasteiger partial charge in [-0.15, -0.1) is 0 Å². The lowest BCUT2D eigenvalue weighted by atomic mass is 10.2. The van der Waals surface area contributed by atoms with Crippen LogP contribution in [0.5, 0.6) is 0 Å². The van der Waals surface area contributed by atoms with Gasteiger partial charge in [-0.05, 0) is 23.7 Å². The van der Waals surface area contributed by atoms with Crippen LogP contribution in [0, 0.1) is 0 Å². The molecule has 2 aromatic rings. The number of hydrogen-bond donors (Lipinski definition) is 0. The smallest absolute Gasteiger partial charge is 0.287 e. The van der Waals surface area contributed by atoms with Crippen molar-refractivity contribution >= 4 is 58.4 Å². The first-order valence-corrected chi connectivity index (χ1v) is 7.11. The molecule has 0 atom stereocenters. The molecule has 0 aliphatic carbocycles. The Balaban J connectivity index is 0.000000280. The van der Waals surface area contributed by atoms with Crippen molar-refractivity contribution in [3.8, 4) is 0 Å². The Morgan fingerprint density at radius 3 is 2.31 bits per heavy atom. The Hall–Kier alpha value is -0.550. The summed E-state index contributed by atoms with van der Waals surface area (Å²) in [5.41, 5.74) is 0.682. The topological polar surface area (TPSA) is 47.3 Å². The maximum absolute atomic E-state index is 10.7. The Labute approximate surface area is 108 Å². The summed E-state index contributed by atoms with van der Waals surface area (Å²) < 4.78 is 14.2. The van der Waals surface area contributed by atoms with Gasteiger partial charge >= 0.3 is 0 Å². The van der Waals surface area contributed by atoms with Gasteiger partial charge in [-0.3, -0.25) is 4.79 Å². The standard InChI is InChI=1S/C9H5ClO2.Cl2OS/c10-9(11)8-5-6-3-1-2-4-7(6)12-8;1-4(2)3/h1-5H;. The van der Waals surface area contributed by atoms with E-state index in [0.717, 1.165) is 5.39 Å². The van der Waals surface area contributed by atoms with Crippen LogP contribution >= 0.6 is 33.0 Å². The van der Waals surface area contributed by atoms with Gasteiger partial charge in [0.15, 0.2) is 5.76 Å². The summed E-state index contributed by atoms with van der Waals surface area (Å²) in [4.78, 5) is 10.7. The number of carbonyl (C=O) groups excluding carboxylic acids is 1. The van der Waals surface area contributed by atoms with Gasteiger partial charge in [-0.1, -0.05) is 18.2 Å². The first kappa shape index (κ1) is 13.5. The minimum Gasteiger partial charge on any atom is -0.452 e. The first-order chi connectivity index (χ1) is 7.50. The molecule has 0 N–H and O–H groups in total. The number of benzene rings is 1. The average Bonchev–Trinajstić information content (AvgIpc) is 2.59. The van der Waals surface area contributed by atoms with Crippen LogP contribution in [0.2, 0.25) is 0 Å². The molecule has 0 bridgehead atoms. The van der Waals surface area contributed by atoms with Crippen LogP contribution in [-0.2, 0) is 9.23 Å². The zero-order valence-corrected chi connectivity index (χ0v) is 10.7. The van der Waals surface area contributed by atoms with Crippen LogP contribution in [0.4, 0.5) is 0 Å². The molecule has 2 rings (SSSR count). The molecule has 16 heavy (non-hydrogen) atoms. The molecule has 0 unspecified atom stereocenters. The molecule has 1 heterocycles. The van der Waals surface area contributed by atoms with Crippen LogP contribution in [0.15, 0.2) is 34.7 Å². The third kappa shape index (κ3) is 4.14. The number of fused-ring (bicyclic) bond motifs is 1. The highest BCUT2D eigenvalue weighted by Gasteiger charge is 2.07. The third-order valence-electron chi connectivity index (χ3n) is 1.62. The van der Waals surface area contributed by atoms with E-state index in [1.54, 1.807) is 12.1 Å². The van der Waals surface area contributed by atoms with E-state index in [-0.39, 0.29) is 5.76 Å². The zero-order valence-electron chi connectivity index (χ0n) is 7.65. The lowest BCUT2D eigenvalue weighted by Crippen LogP contribution is -1.80. The lowest BCUT2D eigenvalue weighted by molar-refractivity contribution is 0.105. The molecule has 0 aliphatic rings. The monoisotopic (exact) mass is 298 g/mol. The minimum atomic E-state index is -1.67. The second-order valence-electron chi connectivity index (χ2n) is 2.61. The highest BCUT2D eigenvalue weighted by molar-refractivity contribution is 8.26. The van der Waals surface area contributed by atoms with Crippen LogP contribution < -0.4 is 0 Å². The van der Waals surface area contributed by atoms with E-state index in [1.165, 1.54) is 0 Å².